The molecule has 0 amide bonds. The molecule has 0 aliphatic carbocycles. The Labute approximate surface area is 324 Å². The molecule has 0 atom stereocenters. The SMILES string of the molecule is Cc1ccc2ccc3c(C)cc(-c4ccc(-c5ccc(-c6nc(-c7ccccc7)nc(-c7cccc(-c8cccc9ccncc89)c7)n6)cc5)cc4)nc3c2n1. The van der Waals surface area contributed by atoms with E-state index in [1.807, 2.05) is 61.8 Å². The highest BCUT2D eigenvalue weighted by molar-refractivity contribution is 6.04. The van der Waals surface area contributed by atoms with E-state index in [0.717, 1.165) is 88.5 Å². The monoisotopic (exact) mass is 718 g/mol. The summed E-state index contributed by atoms with van der Waals surface area (Å²) in [7, 11) is 0. The molecule has 56 heavy (non-hydrogen) atoms. The molecule has 0 aliphatic heterocycles. The van der Waals surface area contributed by atoms with Crippen LogP contribution in [0, 0.1) is 13.8 Å². The Morgan fingerprint density at radius 3 is 1.77 bits per heavy atom. The van der Waals surface area contributed by atoms with Gasteiger partial charge in [0.15, 0.2) is 17.5 Å². The number of hydrogen-bond donors (Lipinski definition) is 0. The molecule has 4 aromatic heterocycles. The van der Waals surface area contributed by atoms with Crippen LogP contribution in [0.2, 0.25) is 0 Å². The average molecular weight is 719 g/mol. The van der Waals surface area contributed by atoms with E-state index >= 15 is 0 Å². The molecule has 4 heterocycles. The largest absolute Gasteiger partial charge is 0.264 e. The fourth-order valence-electron chi connectivity index (χ4n) is 7.47. The standard InChI is InChI=1S/C50H34N6/c1-31-28-45(53-47-42(31)25-24-37-15-14-32(2)52-46(37)47)36-20-16-33(17-21-36)34-18-22-39(23-19-34)49-54-48(38-8-4-3-5-9-38)55-50(56-49)41-12-6-11-40(29-41)43-13-7-10-35-26-27-51-30-44(35)43/h3-30H,1-2H3. The second-order valence-corrected chi connectivity index (χ2v) is 14.1. The summed E-state index contributed by atoms with van der Waals surface area (Å²) >= 11 is 0. The Hall–Kier alpha value is -7.44. The van der Waals surface area contributed by atoms with Crippen LogP contribution in [0.3, 0.4) is 0 Å². The fraction of sp³-hybridized carbons (Fsp3) is 0.0400. The summed E-state index contributed by atoms with van der Waals surface area (Å²) in [5.74, 6) is 1.86. The van der Waals surface area contributed by atoms with Crippen LogP contribution in [0.4, 0.5) is 0 Å². The molecule has 0 unspecified atom stereocenters. The van der Waals surface area contributed by atoms with Crippen LogP contribution < -0.4 is 0 Å². The normalized spacial score (nSPS) is 11.4. The first kappa shape index (κ1) is 33.2. The maximum atomic E-state index is 5.13. The minimum absolute atomic E-state index is 0.616. The summed E-state index contributed by atoms with van der Waals surface area (Å²) in [6.45, 7) is 4.17. The predicted octanol–water partition coefficient (Wildman–Crippen LogP) is 12.1. The van der Waals surface area contributed by atoms with Crippen molar-refractivity contribution >= 4 is 32.6 Å². The Kier molecular flexibility index (Phi) is 8.15. The van der Waals surface area contributed by atoms with Crippen molar-refractivity contribution in [2.75, 3.05) is 0 Å². The zero-order valence-corrected chi connectivity index (χ0v) is 30.8. The smallest absolute Gasteiger partial charge is 0.164 e. The Balaban J connectivity index is 0.986. The van der Waals surface area contributed by atoms with Gasteiger partial charge in [0.1, 0.15) is 0 Å². The Morgan fingerprint density at radius 2 is 1.00 bits per heavy atom. The summed E-state index contributed by atoms with van der Waals surface area (Å²) < 4.78 is 0. The fourth-order valence-corrected chi connectivity index (χ4v) is 7.47. The van der Waals surface area contributed by atoms with Crippen molar-refractivity contribution in [3.8, 4) is 67.7 Å². The molecular weight excluding hydrogens is 685 g/mol. The van der Waals surface area contributed by atoms with Gasteiger partial charge in [-0.15, -0.1) is 0 Å². The van der Waals surface area contributed by atoms with Crippen molar-refractivity contribution in [3.63, 3.8) is 0 Å². The van der Waals surface area contributed by atoms with E-state index in [-0.39, 0.29) is 0 Å². The quantitative estimate of drug-likeness (QED) is 0.159. The molecule has 10 aromatic rings. The summed E-state index contributed by atoms with van der Waals surface area (Å²) in [6.07, 6.45) is 3.75. The van der Waals surface area contributed by atoms with Crippen LogP contribution in [0.1, 0.15) is 11.3 Å². The zero-order valence-electron chi connectivity index (χ0n) is 30.8. The minimum Gasteiger partial charge on any atom is -0.264 e. The van der Waals surface area contributed by atoms with E-state index in [4.69, 9.17) is 24.9 Å². The number of aromatic nitrogens is 6. The number of nitrogens with zero attached hydrogens (tertiary/aromatic N) is 6. The molecule has 0 radical (unpaired) electrons. The Morgan fingerprint density at radius 1 is 0.375 bits per heavy atom. The first-order chi connectivity index (χ1) is 27.5. The summed E-state index contributed by atoms with van der Waals surface area (Å²) in [4.78, 5) is 29.4. The predicted molar refractivity (Wildman–Crippen MR) is 228 cm³/mol. The van der Waals surface area contributed by atoms with Crippen LogP contribution in [0.25, 0.3) is 100 Å². The van der Waals surface area contributed by atoms with Crippen molar-refractivity contribution in [1.29, 1.82) is 0 Å². The molecule has 6 aromatic carbocycles. The molecule has 0 N–H and O–H groups in total. The van der Waals surface area contributed by atoms with Gasteiger partial charge in [-0.3, -0.25) is 9.97 Å². The van der Waals surface area contributed by atoms with E-state index in [0.29, 0.717) is 17.5 Å². The van der Waals surface area contributed by atoms with Crippen molar-refractivity contribution < 1.29 is 0 Å². The molecule has 6 heteroatoms. The molecule has 0 aliphatic rings. The van der Waals surface area contributed by atoms with Gasteiger partial charge in [-0.05, 0) is 71.3 Å². The molecular formula is C50H34N6. The molecule has 0 fully saturated rings. The molecule has 0 spiro atoms. The van der Waals surface area contributed by atoms with Crippen LogP contribution in [0.5, 0.6) is 0 Å². The zero-order chi connectivity index (χ0) is 37.6. The highest BCUT2D eigenvalue weighted by Gasteiger charge is 2.15. The molecule has 6 nitrogen and oxygen atoms in total. The van der Waals surface area contributed by atoms with Gasteiger partial charge < -0.3 is 0 Å². The van der Waals surface area contributed by atoms with Gasteiger partial charge in [-0.25, -0.2) is 19.9 Å². The maximum Gasteiger partial charge on any atom is 0.164 e. The third-order valence-electron chi connectivity index (χ3n) is 10.4. The van der Waals surface area contributed by atoms with Crippen molar-refractivity contribution in [1.82, 2.24) is 29.9 Å². The van der Waals surface area contributed by atoms with Crippen molar-refractivity contribution in [3.05, 3.63) is 181 Å². The van der Waals surface area contributed by atoms with Gasteiger partial charge in [0.2, 0.25) is 0 Å². The van der Waals surface area contributed by atoms with E-state index in [2.05, 4.69) is 127 Å². The lowest BCUT2D eigenvalue weighted by Gasteiger charge is -2.11. The van der Waals surface area contributed by atoms with E-state index < -0.39 is 0 Å². The van der Waals surface area contributed by atoms with Crippen LogP contribution in [-0.2, 0) is 0 Å². The third-order valence-corrected chi connectivity index (χ3v) is 10.4. The van der Waals surface area contributed by atoms with Gasteiger partial charge in [-0.2, -0.15) is 0 Å². The Bertz CT molecular complexity index is 3080. The van der Waals surface area contributed by atoms with Gasteiger partial charge >= 0.3 is 0 Å². The van der Waals surface area contributed by atoms with E-state index in [9.17, 15) is 0 Å². The van der Waals surface area contributed by atoms with Crippen molar-refractivity contribution in [2.24, 2.45) is 0 Å². The van der Waals surface area contributed by atoms with Crippen LogP contribution in [0.15, 0.2) is 170 Å². The average Bonchev–Trinajstić information content (AvgIpc) is 3.26. The molecule has 0 saturated heterocycles. The van der Waals surface area contributed by atoms with Gasteiger partial charge in [0.05, 0.1) is 16.7 Å². The molecule has 0 saturated carbocycles. The minimum atomic E-state index is 0.616. The highest BCUT2D eigenvalue weighted by Crippen LogP contribution is 2.34. The topological polar surface area (TPSA) is 77.3 Å². The molecule has 0 bridgehead atoms. The van der Waals surface area contributed by atoms with Crippen LogP contribution >= 0.6 is 0 Å². The highest BCUT2D eigenvalue weighted by atomic mass is 15.0. The number of aryl methyl sites for hydroxylation is 2. The number of rotatable bonds is 6. The first-order valence-electron chi connectivity index (χ1n) is 18.7. The summed E-state index contributed by atoms with van der Waals surface area (Å²) in [6, 6.07) is 54.5. The van der Waals surface area contributed by atoms with Crippen molar-refractivity contribution in [2.45, 2.75) is 13.8 Å². The second kappa shape index (κ2) is 13.8. The third kappa shape index (κ3) is 6.13. The molecule has 10 rings (SSSR count). The number of hydrogen-bond acceptors (Lipinski definition) is 6. The number of benzene rings is 6. The lowest BCUT2D eigenvalue weighted by atomic mass is 9.98. The second-order valence-electron chi connectivity index (χ2n) is 14.1. The van der Waals surface area contributed by atoms with Crippen LogP contribution in [-0.4, -0.2) is 29.9 Å². The first-order valence-corrected chi connectivity index (χ1v) is 18.7. The number of pyridine rings is 3. The van der Waals surface area contributed by atoms with E-state index in [1.165, 1.54) is 5.56 Å². The lowest BCUT2D eigenvalue weighted by molar-refractivity contribution is 1.07. The number of fused-ring (bicyclic) bond motifs is 4. The van der Waals surface area contributed by atoms with E-state index in [1.54, 1.807) is 0 Å². The van der Waals surface area contributed by atoms with Gasteiger partial charge in [-0.1, -0.05) is 133 Å². The maximum absolute atomic E-state index is 5.13. The van der Waals surface area contributed by atoms with Gasteiger partial charge in [0, 0.05) is 56.5 Å². The van der Waals surface area contributed by atoms with Gasteiger partial charge in [0.25, 0.3) is 0 Å². The summed E-state index contributed by atoms with van der Waals surface area (Å²) in [5, 5.41) is 4.48. The lowest BCUT2D eigenvalue weighted by Crippen LogP contribution is -2.00. The molecule has 264 valence electrons. The summed E-state index contributed by atoms with van der Waals surface area (Å²) in [5.41, 5.74) is 13.2.